The second-order valence-electron chi connectivity index (χ2n) is 4.68. The molecule has 0 aromatic carbocycles. The summed E-state index contributed by atoms with van der Waals surface area (Å²) in [5.41, 5.74) is -0.922. The Kier molecular flexibility index (Phi) is 1.54. The van der Waals surface area contributed by atoms with E-state index in [9.17, 15) is 14.7 Å². The van der Waals surface area contributed by atoms with Gasteiger partial charge in [0, 0.05) is 5.92 Å². The molecule has 4 aliphatic carbocycles. The molecule has 0 spiro atoms. The summed E-state index contributed by atoms with van der Waals surface area (Å²) in [7, 11) is 0. The van der Waals surface area contributed by atoms with Gasteiger partial charge in [0.1, 0.15) is 5.41 Å². The third kappa shape index (κ3) is 0.863. The van der Waals surface area contributed by atoms with Gasteiger partial charge < -0.3 is 5.11 Å². The van der Waals surface area contributed by atoms with Crippen LogP contribution in [0.1, 0.15) is 12.8 Å². The van der Waals surface area contributed by atoms with Crippen LogP contribution < -0.4 is 0 Å². The SMILES string of the molecule is O=C1C=C[C@]2(C(=O)O)C3C=CC(CC3)[C@H]12. The van der Waals surface area contributed by atoms with Crippen molar-refractivity contribution in [2.75, 3.05) is 0 Å². The van der Waals surface area contributed by atoms with E-state index in [2.05, 4.69) is 0 Å². The van der Waals surface area contributed by atoms with Crippen molar-refractivity contribution in [3.63, 3.8) is 0 Å². The molecule has 4 rings (SSSR count). The number of hydrogen-bond donors (Lipinski definition) is 1. The fourth-order valence-corrected chi connectivity index (χ4v) is 3.46. The fourth-order valence-electron chi connectivity index (χ4n) is 3.46. The van der Waals surface area contributed by atoms with Crippen molar-refractivity contribution < 1.29 is 14.7 Å². The minimum absolute atomic E-state index is 0.00329. The maximum absolute atomic E-state index is 11.7. The number of allylic oxidation sites excluding steroid dienone is 3. The van der Waals surface area contributed by atoms with Crippen LogP contribution in [0.15, 0.2) is 24.3 Å². The fraction of sp³-hybridized carbons (Fsp3) is 0.500. The Morgan fingerprint density at radius 1 is 1.40 bits per heavy atom. The molecule has 3 nitrogen and oxygen atoms in total. The van der Waals surface area contributed by atoms with Crippen LogP contribution in [-0.4, -0.2) is 16.9 Å². The van der Waals surface area contributed by atoms with Crippen LogP contribution >= 0.6 is 0 Å². The van der Waals surface area contributed by atoms with E-state index in [1.54, 1.807) is 6.08 Å². The molecule has 0 heterocycles. The quantitative estimate of drug-likeness (QED) is 0.657. The Morgan fingerprint density at radius 2 is 2.20 bits per heavy atom. The minimum Gasteiger partial charge on any atom is -0.481 e. The zero-order valence-corrected chi connectivity index (χ0v) is 8.22. The van der Waals surface area contributed by atoms with Crippen molar-refractivity contribution in [3.8, 4) is 0 Å². The number of carboxylic acids is 1. The van der Waals surface area contributed by atoms with Crippen LogP contribution in [0, 0.1) is 23.2 Å². The lowest BCUT2D eigenvalue weighted by molar-refractivity contribution is -0.157. The summed E-state index contributed by atoms with van der Waals surface area (Å²) in [5.74, 6) is -1.04. The van der Waals surface area contributed by atoms with E-state index < -0.39 is 11.4 Å². The van der Waals surface area contributed by atoms with Gasteiger partial charge in [-0.05, 0) is 30.8 Å². The molecule has 4 atom stereocenters. The van der Waals surface area contributed by atoms with Gasteiger partial charge in [-0.25, -0.2) is 0 Å². The first-order chi connectivity index (χ1) is 7.16. The lowest BCUT2D eigenvalue weighted by Crippen LogP contribution is -2.51. The molecule has 2 bridgehead atoms. The van der Waals surface area contributed by atoms with Crippen LogP contribution in [0.2, 0.25) is 0 Å². The average Bonchev–Trinajstić information content (AvgIpc) is 2.62. The Morgan fingerprint density at radius 3 is 2.73 bits per heavy atom. The Hall–Kier alpha value is -1.38. The molecule has 0 aromatic heterocycles. The van der Waals surface area contributed by atoms with Gasteiger partial charge in [-0.15, -0.1) is 0 Å². The third-order valence-corrected chi connectivity index (χ3v) is 4.16. The summed E-state index contributed by atoms with van der Waals surface area (Å²) in [5, 5.41) is 9.40. The van der Waals surface area contributed by atoms with Gasteiger partial charge in [0.05, 0.1) is 0 Å². The van der Waals surface area contributed by atoms with Crippen LogP contribution in [0.4, 0.5) is 0 Å². The average molecular weight is 204 g/mol. The first kappa shape index (κ1) is 8.89. The second kappa shape index (κ2) is 2.60. The predicted molar refractivity (Wildman–Crippen MR) is 53.1 cm³/mol. The van der Waals surface area contributed by atoms with E-state index in [0.29, 0.717) is 0 Å². The molecule has 1 saturated carbocycles. The van der Waals surface area contributed by atoms with E-state index in [1.165, 1.54) is 6.08 Å². The highest BCUT2D eigenvalue weighted by molar-refractivity contribution is 6.02. The number of ketones is 1. The van der Waals surface area contributed by atoms with E-state index >= 15 is 0 Å². The van der Waals surface area contributed by atoms with Gasteiger partial charge in [-0.1, -0.05) is 18.2 Å². The van der Waals surface area contributed by atoms with E-state index in [4.69, 9.17) is 0 Å². The summed E-state index contributed by atoms with van der Waals surface area (Å²) < 4.78 is 0. The van der Waals surface area contributed by atoms with E-state index in [0.717, 1.165) is 12.8 Å². The molecule has 78 valence electrons. The van der Waals surface area contributed by atoms with Crippen LogP contribution in [0.25, 0.3) is 0 Å². The molecule has 0 aromatic rings. The van der Waals surface area contributed by atoms with Crippen LogP contribution in [0.5, 0.6) is 0 Å². The third-order valence-electron chi connectivity index (χ3n) is 4.16. The lowest BCUT2D eigenvalue weighted by atomic mass is 9.54. The molecule has 3 heteroatoms. The molecule has 15 heavy (non-hydrogen) atoms. The molecule has 0 saturated heterocycles. The van der Waals surface area contributed by atoms with Crippen LogP contribution in [0.3, 0.4) is 0 Å². The van der Waals surface area contributed by atoms with E-state index in [1.807, 2.05) is 12.2 Å². The summed E-state index contributed by atoms with van der Waals surface area (Å²) in [6.45, 7) is 0. The minimum atomic E-state index is -0.922. The zero-order valence-electron chi connectivity index (χ0n) is 8.22. The number of hydrogen-bond acceptors (Lipinski definition) is 2. The highest BCUT2D eigenvalue weighted by Crippen LogP contribution is 2.56. The molecule has 1 fully saturated rings. The van der Waals surface area contributed by atoms with Gasteiger partial charge in [0.15, 0.2) is 5.78 Å². The number of rotatable bonds is 1. The normalized spacial score (nSPS) is 45.9. The van der Waals surface area contributed by atoms with Gasteiger partial charge in [0.2, 0.25) is 0 Å². The summed E-state index contributed by atoms with van der Waals surface area (Å²) in [6, 6.07) is 0. The Bertz CT molecular complexity index is 407. The first-order valence-electron chi connectivity index (χ1n) is 5.31. The number of fused-ring (bicyclic) bond motifs is 1. The van der Waals surface area contributed by atoms with Crippen LogP contribution in [-0.2, 0) is 9.59 Å². The van der Waals surface area contributed by atoms with Gasteiger partial charge in [0.25, 0.3) is 0 Å². The largest absolute Gasteiger partial charge is 0.481 e. The van der Waals surface area contributed by atoms with Crippen molar-refractivity contribution in [1.82, 2.24) is 0 Å². The van der Waals surface area contributed by atoms with Gasteiger partial charge in [-0.3, -0.25) is 9.59 Å². The molecule has 0 amide bonds. The highest BCUT2D eigenvalue weighted by Gasteiger charge is 2.60. The van der Waals surface area contributed by atoms with Gasteiger partial charge in [-0.2, -0.15) is 0 Å². The van der Waals surface area contributed by atoms with Gasteiger partial charge >= 0.3 is 5.97 Å². The van der Waals surface area contributed by atoms with Crippen molar-refractivity contribution in [2.24, 2.45) is 23.2 Å². The Labute approximate surface area is 87.5 Å². The van der Waals surface area contributed by atoms with Crippen molar-refractivity contribution in [1.29, 1.82) is 0 Å². The first-order valence-corrected chi connectivity index (χ1v) is 5.31. The summed E-state index contributed by atoms with van der Waals surface area (Å²) in [6.07, 6.45) is 8.96. The summed E-state index contributed by atoms with van der Waals surface area (Å²) in [4.78, 5) is 23.2. The monoisotopic (exact) mass is 204 g/mol. The number of aliphatic carboxylic acids is 1. The van der Waals surface area contributed by atoms with E-state index in [-0.39, 0.29) is 23.5 Å². The molecule has 2 unspecified atom stereocenters. The van der Waals surface area contributed by atoms with Crippen molar-refractivity contribution in [2.45, 2.75) is 12.8 Å². The zero-order chi connectivity index (χ0) is 10.6. The smallest absolute Gasteiger partial charge is 0.314 e. The Balaban J connectivity index is 2.18. The second-order valence-corrected chi connectivity index (χ2v) is 4.68. The number of carboxylic acid groups (broad SMARTS) is 1. The molecule has 4 aliphatic rings. The molecule has 0 radical (unpaired) electrons. The molecular weight excluding hydrogens is 192 g/mol. The molecule has 0 aliphatic heterocycles. The standard InChI is InChI=1S/C12H12O3/c13-9-5-6-12(11(14)15)8-3-1-7(2-4-8)10(9)12/h1,3,5-8,10H,2,4H2,(H,14,15)/t7?,8?,10-,12+/m1/s1. The summed E-state index contributed by atoms with van der Waals surface area (Å²) >= 11 is 0. The predicted octanol–water partition coefficient (Wildman–Crippen LogP) is 1.41. The number of carbonyl (C=O) groups excluding carboxylic acids is 1. The maximum atomic E-state index is 11.7. The lowest BCUT2D eigenvalue weighted by Gasteiger charge is -2.47. The molecular formula is C12H12O3. The van der Waals surface area contributed by atoms with Crippen molar-refractivity contribution in [3.05, 3.63) is 24.3 Å². The highest BCUT2D eigenvalue weighted by atomic mass is 16.4. The number of carbonyl (C=O) groups is 2. The topological polar surface area (TPSA) is 54.4 Å². The van der Waals surface area contributed by atoms with Crippen molar-refractivity contribution >= 4 is 11.8 Å². The molecule has 1 N–H and O–H groups in total. The maximum Gasteiger partial charge on any atom is 0.314 e.